The Kier molecular flexibility index (Phi) is 9.50. The SMILES string of the molecule is Cc1ccc(P(CCOp2oc3c(C(C)(C)C)cc(C)c(C)c3c3c(C)c(C)cc(C(C)(C)C)c3o2)c2ccc(C)cc2)cc1. The molecule has 0 saturated heterocycles. The number of rotatable bonds is 6. The molecule has 0 spiro atoms. The molecule has 5 rings (SSSR count). The van der Waals surface area contributed by atoms with Crippen molar-refractivity contribution >= 4 is 48.7 Å². The lowest BCUT2D eigenvalue weighted by molar-refractivity contribution is 0.395. The third-order valence-electron chi connectivity index (χ3n) is 9.00. The predicted molar refractivity (Wildman–Crippen MR) is 198 cm³/mol. The van der Waals surface area contributed by atoms with Crippen LogP contribution in [0.25, 0.3) is 21.9 Å². The number of benzene rings is 4. The molecule has 0 aliphatic carbocycles. The van der Waals surface area contributed by atoms with Crippen LogP contribution in [0.3, 0.4) is 0 Å². The van der Waals surface area contributed by atoms with Crippen molar-refractivity contribution in [1.29, 1.82) is 0 Å². The van der Waals surface area contributed by atoms with E-state index in [-0.39, 0.29) is 10.8 Å². The minimum Gasteiger partial charge on any atom is -0.399 e. The Bertz CT molecular complexity index is 1750. The summed E-state index contributed by atoms with van der Waals surface area (Å²) in [5.74, 6) is 0. The summed E-state index contributed by atoms with van der Waals surface area (Å²) in [6.45, 7) is 27.2. The average molecular weight is 641 g/mol. The highest BCUT2D eigenvalue weighted by Crippen LogP contribution is 2.45. The van der Waals surface area contributed by atoms with E-state index >= 15 is 0 Å². The van der Waals surface area contributed by atoms with Crippen LogP contribution in [0.4, 0.5) is 0 Å². The molecular formula is C40H50O3P2. The number of hydrogen-bond acceptors (Lipinski definition) is 3. The first-order valence-electron chi connectivity index (χ1n) is 16.1. The molecule has 0 fully saturated rings. The molecule has 0 aliphatic rings. The average Bonchev–Trinajstić information content (AvgIpc) is 3.12. The van der Waals surface area contributed by atoms with Crippen molar-refractivity contribution in [3.63, 3.8) is 0 Å². The lowest BCUT2D eigenvalue weighted by Crippen LogP contribution is -2.17. The van der Waals surface area contributed by atoms with Crippen molar-refractivity contribution < 1.29 is 12.9 Å². The molecule has 0 unspecified atom stereocenters. The van der Waals surface area contributed by atoms with Crippen molar-refractivity contribution in [2.45, 2.75) is 93.9 Å². The third-order valence-corrected chi connectivity index (χ3v) is 12.5. The highest BCUT2D eigenvalue weighted by molar-refractivity contribution is 7.73. The van der Waals surface area contributed by atoms with Crippen molar-refractivity contribution in [3.05, 3.63) is 105 Å². The van der Waals surface area contributed by atoms with Crippen molar-refractivity contribution in [3.8, 4) is 0 Å². The maximum absolute atomic E-state index is 6.95. The van der Waals surface area contributed by atoms with Gasteiger partial charge in [0.1, 0.15) is 11.2 Å². The molecule has 0 aliphatic heterocycles. The maximum Gasteiger partial charge on any atom is 0.387 e. The summed E-state index contributed by atoms with van der Waals surface area (Å²) in [7, 11) is -2.32. The van der Waals surface area contributed by atoms with Crippen LogP contribution in [0.5, 0.6) is 0 Å². The van der Waals surface area contributed by atoms with Gasteiger partial charge in [-0.05, 0) is 93.2 Å². The number of hydrogen-bond donors (Lipinski definition) is 0. The second-order valence-electron chi connectivity index (χ2n) is 14.7. The van der Waals surface area contributed by atoms with Crippen molar-refractivity contribution in [2.75, 3.05) is 12.8 Å². The predicted octanol–water partition coefficient (Wildman–Crippen LogP) is 11.3. The van der Waals surface area contributed by atoms with Crippen LogP contribution < -0.4 is 15.1 Å². The molecule has 1 heterocycles. The smallest absolute Gasteiger partial charge is 0.387 e. The zero-order valence-corrected chi connectivity index (χ0v) is 31.1. The van der Waals surface area contributed by atoms with Gasteiger partial charge in [0.2, 0.25) is 0 Å². The van der Waals surface area contributed by atoms with Gasteiger partial charge in [0.25, 0.3) is 0 Å². The second kappa shape index (κ2) is 12.8. The number of aryl methyl sites for hydroxylation is 6. The molecule has 45 heavy (non-hydrogen) atoms. The van der Waals surface area contributed by atoms with E-state index in [4.69, 9.17) is 12.9 Å². The van der Waals surface area contributed by atoms with E-state index < -0.39 is 16.2 Å². The molecule has 0 N–H and O–H groups in total. The summed E-state index contributed by atoms with van der Waals surface area (Å²) in [6.07, 6.45) is 0.880. The van der Waals surface area contributed by atoms with Gasteiger partial charge in [0.15, 0.2) is 0 Å². The Morgan fingerprint density at radius 2 is 0.978 bits per heavy atom. The largest absolute Gasteiger partial charge is 0.399 e. The fourth-order valence-electron chi connectivity index (χ4n) is 5.97. The lowest BCUT2D eigenvalue weighted by atomic mass is 9.81. The van der Waals surface area contributed by atoms with E-state index in [0.29, 0.717) is 6.61 Å². The summed E-state index contributed by atoms with van der Waals surface area (Å²) in [5, 5.41) is 5.02. The van der Waals surface area contributed by atoms with Crippen molar-refractivity contribution in [2.24, 2.45) is 0 Å². The Morgan fingerprint density at radius 1 is 0.600 bits per heavy atom. The molecule has 3 nitrogen and oxygen atoms in total. The molecular weight excluding hydrogens is 590 g/mol. The van der Waals surface area contributed by atoms with Crippen LogP contribution in [0, 0.1) is 41.5 Å². The van der Waals surface area contributed by atoms with Gasteiger partial charge in [-0.15, -0.1) is 0 Å². The van der Waals surface area contributed by atoms with E-state index in [1.807, 2.05) is 0 Å². The van der Waals surface area contributed by atoms with E-state index in [9.17, 15) is 0 Å². The Morgan fingerprint density at radius 3 is 1.33 bits per heavy atom. The fourth-order valence-corrected chi connectivity index (χ4v) is 9.29. The fraction of sp³-hybridized carbons (Fsp3) is 0.400. The van der Waals surface area contributed by atoms with E-state index in [1.165, 1.54) is 55.1 Å². The van der Waals surface area contributed by atoms with E-state index in [2.05, 4.69) is 144 Å². The van der Waals surface area contributed by atoms with Crippen LogP contribution in [0.1, 0.15) is 86.1 Å². The standard InChI is InChI=1S/C40H50O3P2/c1-25-13-17-31(18-14-25)44(32-19-15-26(2)16-20-32)22-21-41-45-42-37-33(39(7,8)9)23-27(3)29(5)35(37)36-30(6)28(4)24-34(38(36)43-45)40(10,11)12/h13-20,23-24H,21-22H2,1-12H3. The van der Waals surface area contributed by atoms with E-state index in [1.54, 1.807) is 0 Å². The molecule has 4 aromatic carbocycles. The van der Waals surface area contributed by atoms with E-state index in [0.717, 1.165) is 28.1 Å². The minimum atomic E-state index is -1.71. The van der Waals surface area contributed by atoms with Gasteiger partial charge in [0.05, 0.1) is 6.61 Å². The van der Waals surface area contributed by atoms with Gasteiger partial charge < -0.3 is 8.39 Å². The molecule has 5 heteroatoms. The molecule has 5 aromatic rings. The quantitative estimate of drug-likeness (QED) is 0.173. The molecule has 0 atom stereocenters. The zero-order chi connectivity index (χ0) is 32.8. The summed E-state index contributed by atoms with van der Waals surface area (Å²) in [5.41, 5.74) is 11.5. The van der Waals surface area contributed by atoms with Gasteiger partial charge >= 0.3 is 8.24 Å². The first-order valence-corrected chi connectivity index (χ1v) is 18.7. The van der Waals surface area contributed by atoms with Gasteiger partial charge in [-0.1, -0.05) is 113 Å². The third kappa shape index (κ3) is 6.97. The first kappa shape index (κ1) is 33.5. The van der Waals surface area contributed by atoms with Gasteiger partial charge in [-0.25, -0.2) is 0 Å². The summed E-state index contributed by atoms with van der Waals surface area (Å²) < 4.78 is 20.6. The summed E-state index contributed by atoms with van der Waals surface area (Å²) in [4.78, 5) is 0. The highest BCUT2D eigenvalue weighted by Gasteiger charge is 2.27. The summed E-state index contributed by atoms with van der Waals surface area (Å²) in [6, 6.07) is 22.6. The number of fused-ring (bicyclic) bond motifs is 3. The van der Waals surface area contributed by atoms with Crippen molar-refractivity contribution in [1.82, 2.24) is 0 Å². The first-order chi connectivity index (χ1) is 21.1. The molecule has 0 radical (unpaired) electrons. The molecule has 0 bridgehead atoms. The Labute approximate surface area is 272 Å². The molecule has 0 saturated carbocycles. The Balaban J connectivity index is 1.71. The zero-order valence-electron chi connectivity index (χ0n) is 29.3. The normalized spacial score (nSPS) is 12.5. The van der Waals surface area contributed by atoms with Crippen LogP contribution in [-0.2, 0) is 10.8 Å². The van der Waals surface area contributed by atoms with Gasteiger partial charge in [-0.2, -0.15) is 0 Å². The molecule has 238 valence electrons. The van der Waals surface area contributed by atoms with Gasteiger partial charge in [0, 0.05) is 28.1 Å². The lowest BCUT2D eigenvalue weighted by Gasteiger charge is -2.23. The highest BCUT2D eigenvalue weighted by atomic mass is 31.1. The van der Waals surface area contributed by atoms with Crippen LogP contribution in [0.15, 0.2) is 69.1 Å². The topological polar surface area (TPSA) is 35.5 Å². The maximum atomic E-state index is 6.95. The minimum absolute atomic E-state index is 0.121. The Hall–Kier alpha value is -2.83. The van der Waals surface area contributed by atoms with Crippen LogP contribution in [-0.4, -0.2) is 12.8 Å². The molecule has 1 aromatic heterocycles. The molecule has 0 amide bonds. The van der Waals surface area contributed by atoms with Crippen LogP contribution >= 0.6 is 16.2 Å². The summed E-state index contributed by atoms with van der Waals surface area (Å²) >= 11 is 0. The monoisotopic (exact) mass is 640 g/mol. The second-order valence-corrected chi connectivity index (χ2v) is 18.1. The van der Waals surface area contributed by atoms with Crippen LogP contribution in [0.2, 0.25) is 0 Å². The van der Waals surface area contributed by atoms with Gasteiger partial charge in [-0.3, -0.25) is 4.52 Å².